The van der Waals surface area contributed by atoms with Crippen molar-refractivity contribution in [1.82, 2.24) is 9.80 Å². The summed E-state index contributed by atoms with van der Waals surface area (Å²) in [7, 11) is 0. The number of amides is 2. The largest absolute Gasteiger partial charge is 0.487 e. The summed E-state index contributed by atoms with van der Waals surface area (Å²) in [6.45, 7) is 3.15. The van der Waals surface area contributed by atoms with E-state index < -0.39 is 0 Å². The predicted molar refractivity (Wildman–Crippen MR) is 119 cm³/mol. The third kappa shape index (κ3) is 4.06. The van der Waals surface area contributed by atoms with Crippen LogP contribution in [-0.4, -0.2) is 53.4 Å². The molecule has 3 heterocycles. The molecule has 0 N–H and O–H groups in total. The van der Waals surface area contributed by atoms with E-state index in [9.17, 15) is 9.59 Å². The maximum Gasteiger partial charge on any atom is 0.253 e. The van der Waals surface area contributed by atoms with Crippen LogP contribution in [0.3, 0.4) is 0 Å². The van der Waals surface area contributed by atoms with Gasteiger partial charge in [0.05, 0.1) is 0 Å². The fraction of sp³-hybridized carbons (Fsp3) is 0.462. The third-order valence-electron chi connectivity index (χ3n) is 7.17. The lowest BCUT2D eigenvalue weighted by Gasteiger charge is -2.47. The van der Waals surface area contributed by atoms with Crippen LogP contribution >= 0.6 is 0 Å². The van der Waals surface area contributed by atoms with E-state index in [0.717, 1.165) is 62.1 Å². The second kappa shape index (κ2) is 8.37. The minimum absolute atomic E-state index is 0.0902. The standard InChI is InChI=1S/C26H30N2O3/c29-24(27-14-6-7-15-27)18-21-19-26(31-23-11-5-4-10-22(21)23)12-16-28(17-13-26)25(30)20-8-2-1-3-9-20/h1-5,8-11,21H,6-7,12-19H2/t21-/m1/s1. The lowest BCUT2D eigenvalue weighted by Crippen LogP contribution is -2.52. The van der Waals surface area contributed by atoms with E-state index in [-0.39, 0.29) is 23.3 Å². The number of hydrogen-bond acceptors (Lipinski definition) is 3. The van der Waals surface area contributed by atoms with Crippen LogP contribution < -0.4 is 4.74 Å². The highest BCUT2D eigenvalue weighted by atomic mass is 16.5. The number of ether oxygens (including phenoxy) is 1. The van der Waals surface area contributed by atoms with Crippen molar-refractivity contribution in [2.45, 2.75) is 50.0 Å². The van der Waals surface area contributed by atoms with Gasteiger partial charge < -0.3 is 14.5 Å². The van der Waals surface area contributed by atoms with E-state index in [2.05, 4.69) is 6.07 Å². The van der Waals surface area contributed by atoms with Crippen LogP contribution in [-0.2, 0) is 4.79 Å². The summed E-state index contributed by atoms with van der Waals surface area (Å²) in [5.74, 6) is 1.45. The molecular formula is C26H30N2O3. The summed E-state index contributed by atoms with van der Waals surface area (Å²) < 4.78 is 6.57. The second-order valence-electron chi connectivity index (χ2n) is 9.17. The molecule has 0 bridgehead atoms. The molecule has 0 unspecified atom stereocenters. The van der Waals surface area contributed by atoms with Crippen LogP contribution in [0.4, 0.5) is 0 Å². The Bertz CT molecular complexity index is 944. The summed E-state index contributed by atoms with van der Waals surface area (Å²) in [5, 5.41) is 0. The van der Waals surface area contributed by atoms with Crippen molar-refractivity contribution in [3.05, 3.63) is 65.7 Å². The van der Waals surface area contributed by atoms with Gasteiger partial charge in [-0.1, -0.05) is 36.4 Å². The first-order chi connectivity index (χ1) is 15.1. The van der Waals surface area contributed by atoms with Gasteiger partial charge in [0.25, 0.3) is 5.91 Å². The first-order valence-electron chi connectivity index (χ1n) is 11.5. The summed E-state index contributed by atoms with van der Waals surface area (Å²) in [6, 6.07) is 17.7. The van der Waals surface area contributed by atoms with Crippen LogP contribution in [0.1, 0.15) is 60.4 Å². The molecule has 5 nitrogen and oxygen atoms in total. The molecule has 3 aliphatic heterocycles. The van der Waals surface area contributed by atoms with Crippen LogP contribution in [0, 0.1) is 0 Å². The molecular weight excluding hydrogens is 388 g/mol. The SMILES string of the molecule is O=C(C[C@@H]1CC2(CCN(C(=O)c3ccccc3)CC2)Oc2ccccc21)N1CCCC1. The molecule has 2 aromatic carbocycles. The summed E-state index contributed by atoms with van der Waals surface area (Å²) in [4.78, 5) is 29.7. The van der Waals surface area contributed by atoms with E-state index in [1.807, 2.05) is 58.3 Å². The number of likely N-dealkylation sites (tertiary alicyclic amines) is 2. The van der Waals surface area contributed by atoms with Gasteiger partial charge in [-0.15, -0.1) is 0 Å². The molecule has 1 spiro atoms. The van der Waals surface area contributed by atoms with Crippen molar-refractivity contribution < 1.29 is 14.3 Å². The number of hydrogen-bond donors (Lipinski definition) is 0. The van der Waals surface area contributed by atoms with Gasteiger partial charge in [0.15, 0.2) is 0 Å². The lowest BCUT2D eigenvalue weighted by molar-refractivity contribution is -0.131. The topological polar surface area (TPSA) is 49.9 Å². The first kappa shape index (κ1) is 20.1. The van der Waals surface area contributed by atoms with Crippen molar-refractivity contribution in [2.24, 2.45) is 0 Å². The molecule has 0 aromatic heterocycles. The van der Waals surface area contributed by atoms with E-state index in [1.165, 1.54) is 0 Å². The van der Waals surface area contributed by atoms with Gasteiger partial charge in [-0.25, -0.2) is 0 Å². The average Bonchev–Trinajstić information content (AvgIpc) is 3.35. The number of rotatable bonds is 3. The Kier molecular flexibility index (Phi) is 5.43. The van der Waals surface area contributed by atoms with Gasteiger partial charge in [0.1, 0.15) is 11.4 Å². The van der Waals surface area contributed by atoms with Gasteiger partial charge in [-0.3, -0.25) is 9.59 Å². The Labute approximate surface area is 184 Å². The maximum absolute atomic E-state index is 12.9. The van der Waals surface area contributed by atoms with E-state index in [0.29, 0.717) is 19.5 Å². The fourth-order valence-electron chi connectivity index (χ4n) is 5.42. The van der Waals surface area contributed by atoms with Crippen molar-refractivity contribution >= 4 is 11.8 Å². The van der Waals surface area contributed by atoms with Gasteiger partial charge in [-0.2, -0.15) is 0 Å². The molecule has 2 aromatic rings. The Morgan fingerprint density at radius 2 is 1.55 bits per heavy atom. The van der Waals surface area contributed by atoms with Crippen LogP contribution in [0.25, 0.3) is 0 Å². The minimum Gasteiger partial charge on any atom is -0.487 e. The molecule has 162 valence electrons. The van der Waals surface area contributed by atoms with Crippen LogP contribution in [0.15, 0.2) is 54.6 Å². The van der Waals surface area contributed by atoms with Crippen molar-refractivity contribution in [3.8, 4) is 5.75 Å². The molecule has 2 amide bonds. The van der Waals surface area contributed by atoms with Gasteiger partial charge in [-0.05, 0) is 43.0 Å². The lowest BCUT2D eigenvalue weighted by atomic mass is 9.76. The number of benzene rings is 2. The van der Waals surface area contributed by atoms with Crippen molar-refractivity contribution in [3.63, 3.8) is 0 Å². The third-order valence-corrected chi connectivity index (χ3v) is 7.17. The highest BCUT2D eigenvalue weighted by molar-refractivity contribution is 5.94. The maximum atomic E-state index is 12.9. The molecule has 2 saturated heterocycles. The number of carbonyl (C=O) groups is 2. The molecule has 0 saturated carbocycles. The number of fused-ring (bicyclic) bond motifs is 1. The quantitative estimate of drug-likeness (QED) is 0.749. The normalized spacial score (nSPS) is 22.1. The number of carbonyl (C=O) groups excluding carboxylic acids is 2. The van der Waals surface area contributed by atoms with Crippen molar-refractivity contribution in [2.75, 3.05) is 26.2 Å². The number of para-hydroxylation sites is 1. The summed E-state index contributed by atoms with van der Waals surface area (Å²) in [5.41, 5.74) is 1.60. The molecule has 3 aliphatic rings. The highest BCUT2D eigenvalue weighted by Crippen LogP contribution is 2.46. The van der Waals surface area contributed by atoms with Crippen molar-refractivity contribution in [1.29, 1.82) is 0 Å². The summed E-state index contributed by atoms with van der Waals surface area (Å²) >= 11 is 0. The van der Waals surface area contributed by atoms with Gasteiger partial charge in [0.2, 0.25) is 5.91 Å². The zero-order chi connectivity index (χ0) is 21.3. The smallest absolute Gasteiger partial charge is 0.253 e. The average molecular weight is 419 g/mol. The Hall–Kier alpha value is -2.82. The number of piperidine rings is 1. The molecule has 0 aliphatic carbocycles. The molecule has 5 rings (SSSR count). The Morgan fingerprint density at radius 3 is 2.29 bits per heavy atom. The molecule has 2 fully saturated rings. The molecule has 5 heteroatoms. The zero-order valence-corrected chi connectivity index (χ0v) is 18.0. The zero-order valence-electron chi connectivity index (χ0n) is 18.0. The number of nitrogens with zero attached hydrogens (tertiary/aromatic N) is 2. The minimum atomic E-state index is -0.294. The predicted octanol–water partition coefficient (Wildman–Crippen LogP) is 4.24. The molecule has 1 atom stereocenters. The van der Waals surface area contributed by atoms with Crippen LogP contribution in [0.2, 0.25) is 0 Å². The Balaban J connectivity index is 1.31. The Morgan fingerprint density at radius 1 is 0.871 bits per heavy atom. The molecule has 31 heavy (non-hydrogen) atoms. The van der Waals surface area contributed by atoms with Crippen LogP contribution in [0.5, 0.6) is 5.75 Å². The second-order valence-corrected chi connectivity index (χ2v) is 9.17. The van der Waals surface area contributed by atoms with E-state index in [1.54, 1.807) is 0 Å². The van der Waals surface area contributed by atoms with Gasteiger partial charge in [0, 0.05) is 56.9 Å². The van der Waals surface area contributed by atoms with Gasteiger partial charge >= 0.3 is 0 Å². The van der Waals surface area contributed by atoms with E-state index >= 15 is 0 Å². The summed E-state index contributed by atoms with van der Waals surface area (Å²) in [6.07, 6.45) is 5.23. The monoisotopic (exact) mass is 418 g/mol. The fourth-order valence-corrected chi connectivity index (χ4v) is 5.42. The molecule has 0 radical (unpaired) electrons. The highest BCUT2D eigenvalue weighted by Gasteiger charge is 2.44. The first-order valence-corrected chi connectivity index (χ1v) is 11.5. The van der Waals surface area contributed by atoms with E-state index in [4.69, 9.17) is 4.74 Å².